The van der Waals surface area contributed by atoms with Gasteiger partial charge in [0, 0.05) is 6.54 Å². The second kappa shape index (κ2) is 4.23. The predicted octanol–water partition coefficient (Wildman–Crippen LogP) is 2.75. The number of rotatable bonds is 2. The highest BCUT2D eigenvalue weighted by Crippen LogP contribution is 2.48. The molecule has 0 amide bonds. The standard InChI is InChI=1S/C13H17BrN2O/c1-8-12(14)13(17)16(7-15-8)6-11-5-9-2-3-10(11)4-9/h7,9-11H,2-6H2,1H3. The Hall–Kier alpha value is -0.640. The Kier molecular flexibility index (Phi) is 2.85. The average molecular weight is 297 g/mol. The number of fused-ring (bicyclic) bond motifs is 2. The summed E-state index contributed by atoms with van der Waals surface area (Å²) in [6.07, 6.45) is 7.17. The first-order valence-electron chi connectivity index (χ1n) is 6.36. The van der Waals surface area contributed by atoms with Gasteiger partial charge in [-0.3, -0.25) is 9.36 Å². The molecule has 1 aromatic heterocycles. The molecular weight excluding hydrogens is 280 g/mol. The molecule has 0 N–H and O–H groups in total. The molecule has 2 fully saturated rings. The molecule has 2 saturated carbocycles. The molecule has 1 heterocycles. The lowest BCUT2D eigenvalue weighted by Gasteiger charge is -2.22. The quantitative estimate of drug-likeness (QED) is 0.841. The van der Waals surface area contributed by atoms with E-state index in [4.69, 9.17) is 0 Å². The topological polar surface area (TPSA) is 34.9 Å². The summed E-state index contributed by atoms with van der Waals surface area (Å²) < 4.78 is 2.39. The van der Waals surface area contributed by atoms with Crippen LogP contribution >= 0.6 is 15.9 Å². The van der Waals surface area contributed by atoms with E-state index < -0.39 is 0 Å². The van der Waals surface area contributed by atoms with Crippen molar-refractivity contribution in [2.75, 3.05) is 0 Å². The van der Waals surface area contributed by atoms with Gasteiger partial charge in [0.1, 0.15) is 4.47 Å². The molecule has 0 radical (unpaired) electrons. The second-order valence-electron chi connectivity index (χ2n) is 5.54. The molecule has 0 saturated heterocycles. The number of nitrogens with zero attached hydrogens (tertiary/aromatic N) is 2. The van der Waals surface area contributed by atoms with E-state index in [-0.39, 0.29) is 5.56 Å². The van der Waals surface area contributed by atoms with E-state index in [0.29, 0.717) is 10.4 Å². The van der Waals surface area contributed by atoms with Gasteiger partial charge in [0.2, 0.25) is 0 Å². The molecule has 92 valence electrons. The molecule has 2 bridgehead atoms. The fourth-order valence-corrected chi connectivity index (χ4v) is 3.86. The average Bonchev–Trinajstić information content (AvgIpc) is 2.92. The summed E-state index contributed by atoms with van der Waals surface area (Å²) >= 11 is 3.32. The predicted molar refractivity (Wildman–Crippen MR) is 69.9 cm³/mol. The highest BCUT2D eigenvalue weighted by atomic mass is 79.9. The molecule has 3 rings (SSSR count). The zero-order valence-corrected chi connectivity index (χ0v) is 11.6. The number of halogens is 1. The summed E-state index contributed by atoms with van der Waals surface area (Å²) in [7, 11) is 0. The monoisotopic (exact) mass is 296 g/mol. The van der Waals surface area contributed by atoms with Crippen LogP contribution in [0.1, 0.15) is 31.4 Å². The zero-order valence-electron chi connectivity index (χ0n) is 10.0. The molecule has 3 unspecified atom stereocenters. The van der Waals surface area contributed by atoms with E-state index in [9.17, 15) is 4.79 Å². The van der Waals surface area contributed by atoms with Crippen molar-refractivity contribution in [3.8, 4) is 0 Å². The van der Waals surface area contributed by atoms with Crippen molar-refractivity contribution in [2.45, 2.75) is 39.2 Å². The zero-order chi connectivity index (χ0) is 12.0. The van der Waals surface area contributed by atoms with Crippen LogP contribution in [0, 0.1) is 24.7 Å². The summed E-state index contributed by atoms with van der Waals surface area (Å²) in [6.45, 7) is 2.71. The van der Waals surface area contributed by atoms with Gasteiger partial charge in [0.25, 0.3) is 5.56 Å². The van der Waals surface area contributed by atoms with Crippen LogP contribution in [0.4, 0.5) is 0 Å². The van der Waals surface area contributed by atoms with Crippen LogP contribution in [-0.2, 0) is 6.54 Å². The molecule has 3 nitrogen and oxygen atoms in total. The van der Waals surface area contributed by atoms with E-state index in [0.717, 1.165) is 24.1 Å². The molecule has 2 aliphatic rings. The number of hydrogen-bond donors (Lipinski definition) is 0. The van der Waals surface area contributed by atoms with Crippen molar-refractivity contribution >= 4 is 15.9 Å². The molecule has 17 heavy (non-hydrogen) atoms. The maximum atomic E-state index is 12.1. The van der Waals surface area contributed by atoms with E-state index in [1.807, 2.05) is 6.92 Å². The normalized spacial score (nSPS) is 31.1. The first-order chi connectivity index (χ1) is 8.15. The smallest absolute Gasteiger partial charge is 0.267 e. The minimum Gasteiger partial charge on any atom is -0.298 e. The van der Waals surface area contributed by atoms with Crippen LogP contribution in [0.15, 0.2) is 15.6 Å². The van der Waals surface area contributed by atoms with Gasteiger partial charge in [0.15, 0.2) is 0 Å². The van der Waals surface area contributed by atoms with Gasteiger partial charge in [-0.25, -0.2) is 4.98 Å². The summed E-state index contributed by atoms with van der Waals surface area (Å²) in [5, 5.41) is 0. The van der Waals surface area contributed by atoms with Crippen molar-refractivity contribution in [1.82, 2.24) is 9.55 Å². The molecule has 1 aromatic rings. The van der Waals surface area contributed by atoms with Crippen molar-refractivity contribution in [2.24, 2.45) is 17.8 Å². The number of aromatic nitrogens is 2. The van der Waals surface area contributed by atoms with Gasteiger partial charge in [-0.15, -0.1) is 0 Å². The third-order valence-electron chi connectivity index (χ3n) is 4.47. The molecular formula is C13H17BrN2O. The summed E-state index contributed by atoms with van der Waals surface area (Å²) in [5.74, 6) is 2.48. The number of aryl methyl sites for hydroxylation is 1. The summed E-state index contributed by atoms with van der Waals surface area (Å²) in [5.41, 5.74) is 0.847. The fourth-order valence-electron chi connectivity index (χ4n) is 3.53. The lowest BCUT2D eigenvalue weighted by molar-refractivity contribution is 0.291. The maximum absolute atomic E-state index is 12.1. The Morgan fingerprint density at radius 1 is 1.47 bits per heavy atom. The molecule has 0 spiro atoms. The van der Waals surface area contributed by atoms with Crippen LogP contribution in [-0.4, -0.2) is 9.55 Å². The Morgan fingerprint density at radius 2 is 2.29 bits per heavy atom. The van der Waals surface area contributed by atoms with Crippen molar-refractivity contribution < 1.29 is 0 Å². The number of hydrogen-bond acceptors (Lipinski definition) is 2. The Labute approximate surface area is 109 Å². The second-order valence-corrected chi connectivity index (χ2v) is 6.33. The van der Waals surface area contributed by atoms with E-state index in [1.165, 1.54) is 25.7 Å². The minimum absolute atomic E-state index is 0.0697. The first kappa shape index (κ1) is 11.5. The van der Waals surface area contributed by atoms with Gasteiger partial charge >= 0.3 is 0 Å². The Morgan fingerprint density at radius 3 is 2.94 bits per heavy atom. The third kappa shape index (κ3) is 1.96. The SMILES string of the molecule is Cc1ncn(CC2CC3CCC2C3)c(=O)c1Br. The van der Waals surface area contributed by atoms with Crippen LogP contribution in [0.2, 0.25) is 0 Å². The Bertz CT molecular complexity index is 497. The van der Waals surface area contributed by atoms with Crippen LogP contribution in [0.3, 0.4) is 0 Å². The first-order valence-corrected chi connectivity index (χ1v) is 7.16. The molecule has 3 atom stereocenters. The Balaban J connectivity index is 1.82. The molecule has 0 aromatic carbocycles. The van der Waals surface area contributed by atoms with Crippen LogP contribution in [0.25, 0.3) is 0 Å². The van der Waals surface area contributed by atoms with Crippen molar-refractivity contribution in [1.29, 1.82) is 0 Å². The van der Waals surface area contributed by atoms with Crippen molar-refractivity contribution in [3.63, 3.8) is 0 Å². The van der Waals surface area contributed by atoms with Gasteiger partial charge in [-0.1, -0.05) is 6.42 Å². The van der Waals surface area contributed by atoms with Crippen LogP contribution < -0.4 is 5.56 Å². The van der Waals surface area contributed by atoms with Gasteiger partial charge in [-0.05, 0) is 59.9 Å². The van der Waals surface area contributed by atoms with Crippen molar-refractivity contribution in [3.05, 3.63) is 26.8 Å². The van der Waals surface area contributed by atoms with Gasteiger partial charge in [0.05, 0.1) is 12.0 Å². The van der Waals surface area contributed by atoms with Gasteiger partial charge < -0.3 is 0 Å². The third-order valence-corrected chi connectivity index (χ3v) is 5.39. The maximum Gasteiger partial charge on any atom is 0.267 e. The summed E-state index contributed by atoms with van der Waals surface area (Å²) in [6, 6.07) is 0. The summed E-state index contributed by atoms with van der Waals surface area (Å²) in [4.78, 5) is 16.3. The fraction of sp³-hybridized carbons (Fsp3) is 0.692. The lowest BCUT2D eigenvalue weighted by atomic mass is 9.89. The minimum atomic E-state index is 0.0697. The highest BCUT2D eigenvalue weighted by molar-refractivity contribution is 9.10. The van der Waals surface area contributed by atoms with E-state index >= 15 is 0 Å². The van der Waals surface area contributed by atoms with E-state index in [1.54, 1.807) is 10.9 Å². The molecule has 4 heteroatoms. The van der Waals surface area contributed by atoms with E-state index in [2.05, 4.69) is 20.9 Å². The van der Waals surface area contributed by atoms with Crippen LogP contribution in [0.5, 0.6) is 0 Å². The molecule has 0 aliphatic heterocycles. The van der Waals surface area contributed by atoms with Gasteiger partial charge in [-0.2, -0.15) is 0 Å². The largest absolute Gasteiger partial charge is 0.298 e. The highest BCUT2D eigenvalue weighted by Gasteiger charge is 2.39. The molecule has 2 aliphatic carbocycles. The lowest BCUT2D eigenvalue weighted by Crippen LogP contribution is -2.27.